The number of benzene rings is 1. The van der Waals surface area contributed by atoms with Gasteiger partial charge in [0.1, 0.15) is 6.54 Å². The van der Waals surface area contributed by atoms with Crippen LogP contribution in [0.3, 0.4) is 0 Å². The number of carbonyl (C=O) groups is 3. The maximum absolute atomic E-state index is 12.4. The summed E-state index contributed by atoms with van der Waals surface area (Å²) in [5.41, 5.74) is -1.07. The smallest absolute Gasteiger partial charge is 0.328 e. The Balaban J connectivity index is 1.96. The summed E-state index contributed by atoms with van der Waals surface area (Å²) in [5.74, 6) is -1.63. The van der Waals surface area contributed by atoms with E-state index in [4.69, 9.17) is 4.74 Å². The fourth-order valence-electron chi connectivity index (χ4n) is 2.75. The van der Waals surface area contributed by atoms with Gasteiger partial charge in [0.25, 0.3) is 17.0 Å². The first-order chi connectivity index (χ1) is 13.8. The molecule has 0 saturated carbocycles. The molecule has 2 aromatic rings. The number of aromatic nitrogens is 2. The van der Waals surface area contributed by atoms with Crippen LogP contribution in [-0.2, 0) is 25.7 Å². The topological polar surface area (TPSA) is 122 Å². The van der Waals surface area contributed by atoms with Crippen molar-refractivity contribution in [1.29, 1.82) is 0 Å². The number of likely N-dealkylation sites (N-methyl/N-ethyl adjacent to an activating group) is 2. The fourth-order valence-corrected chi connectivity index (χ4v) is 2.75. The van der Waals surface area contributed by atoms with Crippen LogP contribution in [0.15, 0.2) is 33.9 Å². The number of rotatable bonds is 8. The summed E-state index contributed by atoms with van der Waals surface area (Å²) in [6.07, 6.45) is 0. The monoisotopic (exact) mass is 404 g/mol. The van der Waals surface area contributed by atoms with E-state index in [0.29, 0.717) is 13.1 Å². The van der Waals surface area contributed by atoms with Crippen LogP contribution in [0.25, 0.3) is 10.8 Å². The predicted molar refractivity (Wildman–Crippen MR) is 105 cm³/mol. The number of esters is 1. The van der Waals surface area contributed by atoms with Gasteiger partial charge in [-0.15, -0.1) is 0 Å². The number of H-pyrrole nitrogens is 1. The summed E-state index contributed by atoms with van der Waals surface area (Å²) in [6.45, 7) is 3.49. The molecule has 0 aliphatic rings. The molecule has 0 bridgehead atoms. The standard InChI is InChI=1S/C19H24N4O6/c1-4-22(5-2)15(24)10-21(3)16(25)12-29-17(26)11-23-19(28)14-9-7-6-8-13(14)18(27)20-23/h6-9H,4-5,10-12H2,1-3H3,(H,20,27). The van der Waals surface area contributed by atoms with Crippen molar-refractivity contribution < 1.29 is 19.1 Å². The van der Waals surface area contributed by atoms with Crippen LogP contribution in [0.2, 0.25) is 0 Å². The van der Waals surface area contributed by atoms with E-state index in [1.807, 2.05) is 13.8 Å². The Hall–Kier alpha value is -3.43. The van der Waals surface area contributed by atoms with Crippen LogP contribution in [0.4, 0.5) is 0 Å². The first-order valence-electron chi connectivity index (χ1n) is 9.17. The van der Waals surface area contributed by atoms with Gasteiger partial charge in [0.15, 0.2) is 6.61 Å². The van der Waals surface area contributed by atoms with E-state index in [2.05, 4.69) is 5.10 Å². The molecule has 10 nitrogen and oxygen atoms in total. The third-order valence-electron chi connectivity index (χ3n) is 4.44. The minimum absolute atomic E-state index is 0.129. The van der Waals surface area contributed by atoms with Crippen LogP contribution in [0.1, 0.15) is 13.8 Å². The molecule has 1 heterocycles. The van der Waals surface area contributed by atoms with Gasteiger partial charge in [-0.2, -0.15) is 0 Å². The van der Waals surface area contributed by atoms with Gasteiger partial charge < -0.3 is 14.5 Å². The summed E-state index contributed by atoms with van der Waals surface area (Å²) in [6, 6.07) is 6.23. The molecular weight excluding hydrogens is 380 g/mol. The van der Waals surface area contributed by atoms with Crippen LogP contribution in [0, 0.1) is 0 Å². The largest absolute Gasteiger partial charge is 0.454 e. The van der Waals surface area contributed by atoms with Crippen molar-refractivity contribution in [2.45, 2.75) is 20.4 Å². The zero-order valence-corrected chi connectivity index (χ0v) is 16.6. The number of hydrogen-bond acceptors (Lipinski definition) is 6. The SMILES string of the molecule is CCN(CC)C(=O)CN(C)C(=O)COC(=O)Cn1[nH]c(=O)c2ccccc2c1=O. The molecule has 1 aromatic heterocycles. The molecule has 29 heavy (non-hydrogen) atoms. The molecule has 156 valence electrons. The van der Waals surface area contributed by atoms with Gasteiger partial charge in [0, 0.05) is 20.1 Å². The van der Waals surface area contributed by atoms with Crippen molar-refractivity contribution >= 4 is 28.6 Å². The molecule has 0 aliphatic carbocycles. The number of ether oxygens (including phenoxy) is 1. The molecule has 2 rings (SSSR count). The van der Waals surface area contributed by atoms with Gasteiger partial charge in [-0.05, 0) is 26.0 Å². The molecule has 0 saturated heterocycles. The number of fused-ring (bicyclic) bond motifs is 1. The fraction of sp³-hybridized carbons (Fsp3) is 0.421. The summed E-state index contributed by atoms with van der Waals surface area (Å²) in [5, 5.41) is 2.71. The maximum Gasteiger partial charge on any atom is 0.328 e. The van der Waals surface area contributed by atoms with E-state index >= 15 is 0 Å². The molecular formula is C19H24N4O6. The molecule has 0 aliphatic heterocycles. The molecule has 0 spiro atoms. The second-order valence-electron chi connectivity index (χ2n) is 6.35. The average molecular weight is 404 g/mol. The van der Waals surface area contributed by atoms with Crippen molar-refractivity contribution in [1.82, 2.24) is 19.6 Å². The Morgan fingerprint density at radius 1 is 1.03 bits per heavy atom. The Morgan fingerprint density at radius 2 is 1.66 bits per heavy atom. The van der Waals surface area contributed by atoms with Crippen LogP contribution in [0.5, 0.6) is 0 Å². The van der Waals surface area contributed by atoms with Crippen molar-refractivity contribution in [3.8, 4) is 0 Å². The van der Waals surface area contributed by atoms with Crippen molar-refractivity contribution in [2.24, 2.45) is 0 Å². The highest BCUT2D eigenvalue weighted by Gasteiger charge is 2.18. The van der Waals surface area contributed by atoms with Gasteiger partial charge in [-0.25, -0.2) is 4.68 Å². The number of hydrogen-bond donors (Lipinski definition) is 1. The summed E-state index contributed by atoms with van der Waals surface area (Å²) in [7, 11) is 1.43. The maximum atomic E-state index is 12.4. The zero-order valence-electron chi connectivity index (χ0n) is 16.6. The third-order valence-corrected chi connectivity index (χ3v) is 4.44. The zero-order chi connectivity index (χ0) is 21.6. The molecule has 1 N–H and O–H groups in total. The first kappa shape index (κ1) is 21.9. The van der Waals surface area contributed by atoms with Gasteiger partial charge in [0.2, 0.25) is 5.91 Å². The lowest BCUT2D eigenvalue weighted by atomic mass is 10.2. The minimum Gasteiger partial charge on any atom is -0.454 e. The average Bonchev–Trinajstić information content (AvgIpc) is 2.70. The molecule has 10 heteroatoms. The molecule has 1 aromatic carbocycles. The summed E-state index contributed by atoms with van der Waals surface area (Å²) in [4.78, 5) is 63.3. The molecule has 0 unspecified atom stereocenters. The van der Waals surface area contributed by atoms with Gasteiger partial charge >= 0.3 is 5.97 Å². The molecule has 0 atom stereocenters. The minimum atomic E-state index is -0.866. The first-order valence-corrected chi connectivity index (χ1v) is 9.17. The van der Waals surface area contributed by atoms with Crippen LogP contribution < -0.4 is 11.1 Å². The second kappa shape index (κ2) is 9.67. The normalized spacial score (nSPS) is 10.6. The lowest BCUT2D eigenvalue weighted by Crippen LogP contribution is -2.42. The van der Waals surface area contributed by atoms with Crippen molar-refractivity contribution in [3.63, 3.8) is 0 Å². The number of amides is 2. The highest BCUT2D eigenvalue weighted by atomic mass is 16.5. The van der Waals surface area contributed by atoms with Crippen LogP contribution in [-0.4, -0.2) is 70.7 Å². The van der Waals surface area contributed by atoms with Gasteiger partial charge in [-0.1, -0.05) is 12.1 Å². The van der Waals surface area contributed by atoms with Crippen molar-refractivity contribution in [2.75, 3.05) is 33.3 Å². The summed E-state index contributed by atoms with van der Waals surface area (Å²) < 4.78 is 5.73. The molecule has 0 fully saturated rings. The summed E-state index contributed by atoms with van der Waals surface area (Å²) >= 11 is 0. The van der Waals surface area contributed by atoms with E-state index in [1.54, 1.807) is 17.0 Å². The quantitative estimate of drug-likeness (QED) is 0.595. The van der Waals surface area contributed by atoms with E-state index in [0.717, 1.165) is 9.58 Å². The van der Waals surface area contributed by atoms with Crippen LogP contribution >= 0.6 is 0 Å². The number of nitrogens with one attached hydrogen (secondary N) is 1. The number of nitrogens with zero attached hydrogens (tertiary/aromatic N) is 3. The van der Waals surface area contributed by atoms with E-state index in [1.165, 1.54) is 19.2 Å². The molecule has 0 radical (unpaired) electrons. The van der Waals surface area contributed by atoms with E-state index < -0.39 is 36.1 Å². The lowest BCUT2D eigenvalue weighted by Gasteiger charge is -2.23. The number of carbonyl (C=O) groups excluding carboxylic acids is 3. The van der Waals surface area contributed by atoms with Gasteiger partial charge in [0.05, 0.1) is 17.3 Å². The second-order valence-corrected chi connectivity index (χ2v) is 6.35. The predicted octanol–water partition coefficient (Wildman–Crippen LogP) is -0.440. The number of aromatic amines is 1. The lowest BCUT2D eigenvalue weighted by molar-refractivity contribution is -0.153. The third kappa shape index (κ3) is 5.31. The van der Waals surface area contributed by atoms with Gasteiger partial charge in [-0.3, -0.25) is 29.1 Å². The Morgan fingerprint density at radius 3 is 2.28 bits per heavy atom. The van der Waals surface area contributed by atoms with E-state index in [9.17, 15) is 24.0 Å². The Labute approximate surface area is 166 Å². The van der Waals surface area contributed by atoms with Crippen molar-refractivity contribution in [3.05, 3.63) is 45.0 Å². The highest BCUT2D eigenvalue weighted by molar-refractivity contribution is 5.86. The Bertz CT molecular complexity index is 1020. The van der Waals surface area contributed by atoms with E-state index in [-0.39, 0.29) is 23.2 Å². The Kier molecular flexibility index (Phi) is 7.29. The highest BCUT2D eigenvalue weighted by Crippen LogP contribution is 2.02. The molecule has 2 amide bonds.